The molecule has 2 rings (SSSR count). The fraction of sp³-hybridized carbons (Fsp3) is 0.312. The molecule has 5 nitrogen and oxygen atoms in total. The molecule has 0 aromatic heterocycles. The van der Waals surface area contributed by atoms with E-state index in [1.54, 1.807) is 18.2 Å². The van der Waals surface area contributed by atoms with Gasteiger partial charge in [0.15, 0.2) is 0 Å². The lowest BCUT2D eigenvalue weighted by Gasteiger charge is -2.20. The number of rotatable bonds is 3. The molecule has 7 heteroatoms. The lowest BCUT2D eigenvalue weighted by molar-refractivity contribution is -0.140. The maximum absolute atomic E-state index is 12.2. The predicted octanol–water partition coefficient (Wildman–Crippen LogP) is 2.98. The van der Waals surface area contributed by atoms with Gasteiger partial charge in [-0.25, -0.2) is 0 Å². The van der Waals surface area contributed by atoms with Gasteiger partial charge < -0.3 is 10.2 Å². The topological polar surface area (TPSA) is 77.8 Å². The molecule has 122 valence electrons. The molecule has 0 radical (unpaired) electrons. The molecule has 0 saturated carbocycles. The highest BCUT2D eigenvalue weighted by Gasteiger charge is 2.33. The third-order valence-corrected chi connectivity index (χ3v) is 4.67. The van der Waals surface area contributed by atoms with Crippen molar-refractivity contribution in [2.24, 2.45) is 0 Å². The van der Waals surface area contributed by atoms with E-state index in [2.05, 4.69) is 0 Å². The third-order valence-electron chi connectivity index (χ3n) is 3.29. The van der Waals surface area contributed by atoms with Crippen LogP contribution in [0, 0.1) is 0 Å². The van der Waals surface area contributed by atoms with Crippen LogP contribution in [0.5, 0.6) is 5.75 Å². The van der Waals surface area contributed by atoms with E-state index < -0.39 is 18.4 Å². The van der Waals surface area contributed by atoms with Gasteiger partial charge in [-0.1, -0.05) is 50.8 Å². The first-order valence-electron chi connectivity index (χ1n) is 6.90. The molecule has 2 N–H and O–H groups in total. The summed E-state index contributed by atoms with van der Waals surface area (Å²) in [5.74, 6) is -1.32. The minimum absolute atomic E-state index is 0.202. The average molecular weight is 351 g/mol. The molecule has 0 spiro atoms. The quantitative estimate of drug-likeness (QED) is 0.644. The molecule has 1 amide bonds. The van der Waals surface area contributed by atoms with Crippen molar-refractivity contribution >= 4 is 46.3 Å². The Balaban J connectivity index is 2.35. The summed E-state index contributed by atoms with van der Waals surface area (Å²) < 4.78 is 0.235. The molecule has 1 fully saturated rings. The van der Waals surface area contributed by atoms with E-state index in [4.69, 9.17) is 17.3 Å². The number of nitrogens with zero attached hydrogens (tertiary/aromatic N) is 1. The Morgan fingerprint density at radius 2 is 2.04 bits per heavy atom. The summed E-state index contributed by atoms with van der Waals surface area (Å²) in [5, 5.41) is 18.8. The van der Waals surface area contributed by atoms with E-state index in [1.165, 1.54) is 0 Å². The van der Waals surface area contributed by atoms with Crippen LogP contribution in [0.2, 0.25) is 0 Å². The molecular weight excluding hydrogens is 334 g/mol. The number of carbonyl (C=O) groups is 2. The highest BCUT2D eigenvalue weighted by atomic mass is 32.2. The molecule has 1 aliphatic rings. The SMILES string of the molecule is CC(C)(C)c1cc(C=C2SC(=S)N(CC(=O)O)C2=O)ccc1O. The van der Waals surface area contributed by atoms with E-state index in [-0.39, 0.29) is 15.5 Å². The maximum Gasteiger partial charge on any atom is 0.323 e. The summed E-state index contributed by atoms with van der Waals surface area (Å²) >= 11 is 6.14. The predicted molar refractivity (Wildman–Crippen MR) is 94.3 cm³/mol. The largest absolute Gasteiger partial charge is 0.508 e. The van der Waals surface area contributed by atoms with Gasteiger partial charge in [0, 0.05) is 0 Å². The number of carbonyl (C=O) groups excluding carboxylic acids is 1. The second-order valence-corrected chi connectivity index (χ2v) is 7.86. The van der Waals surface area contributed by atoms with Gasteiger partial charge in [0.05, 0.1) is 4.91 Å². The van der Waals surface area contributed by atoms with Gasteiger partial charge >= 0.3 is 5.97 Å². The van der Waals surface area contributed by atoms with Crippen molar-refractivity contribution in [3.63, 3.8) is 0 Å². The van der Waals surface area contributed by atoms with E-state index in [0.717, 1.165) is 27.8 Å². The molecule has 1 saturated heterocycles. The second-order valence-electron chi connectivity index (χ2n) is 6.19. The zero-order valence-corrected chi connectivity index (χ0v) is 14.6. The molecule has 23 heavy (non-hydrogen) atoms. The first-order chi connectivity index (χ1) is 10.6. The van der Waals surface area contributed by atoms with Crippen LogP contribution in [0.25, 0.3) is 6.08 Å². The van der Waals surface area contributed by atoms with Crippen molar-refractivity contribution < 1.29 is 19.8 Å². The van der Waals surface area contributed by atoms with Crippen LogP contribution in [-0.2, 0) is 15.0 Å². The second kappa shape index (κ2) is 6.33. The molecule has 1 aromatic carbocycles. The van der Waals surface area contributed by atoms with Crippen LogP contribution < -0.4 is 0 Å². The molecule has 0 atom stereocenters. The number of phenols is 1. The zero-order chi connectivity index (χ0) is 17.4. The minimum atomic E-state index is -1.11. The molecule has 0 aliphatic carbocycles. The number of aliphatic carboxylic acids is 1. The van der Waals surface area contributed by atoms with E-state index in [1.807, 2.05) is 26.8 Å². The Bertz CT molecular complexity index is 719. The van der Waals surface area contributed by atoms with E-state index in [0.29, 0.717) is 4.91 Å². The number of phenolic OH excluding ortho intramolecular Hbond substituents is 1. The lowest BCUT2D eigenvalue weighted by Crippen LogP contribution is -2.33. The van der Waals surface area contributed by atoms with Crippen LogP contribution in [0.15, 0.2) is 23.1 Å². The van der Waals surface area contributed by atoms with Gasteiger partial charge in [-0.3, -0.25) is 14.5 Å². The zero-order valence-electron chi connectivity index (χ0n) is 13.0. The Kier molecular flexibility index (Phi) is 4.81. The fourth-order valence-electron chi connectivity index (χ4n) is 2.17. The molecular formula is C16H17NO4S2. The number of benzene rings is 1. The lowest BCUT2D eigenvalue weighted by atomic mass is 9.85. The molecule has 0 unspecified atom stereocenters. The summed E-state index contributed by atoms with van der Waals surface area (Å²) in [4.78, 5) is 24.5. The molecule has 1 aliphatic heterocycles. The number of hydrogen-bond donors (Lipinski definition) is 2. The summed E-state index contributed by atoms with van der Waals surface area (Å²) in [6, 6.07) is 5.11. The van der Waals surface area contributed by atoms with Crippen molar-refractivity contribution in [1.29, 1.82) is 0 Å². The summed E-state index contributed by atoms with van der Waals surface area (Å²) in [6.45, 7) is 5.51. The highest BCUT2D eigenvalue weighted by Crippen LogP contribution is 2.35. The molecule has 0 bridgehead atoms. The number of carboxylic acids is 1. The van der Waals surface area contributed by atoms with Gasteiger partial charge in [0.25, 0.3) is 5.91 Å². The van der Waals surface area contributed by atoms with Crippen LogP contribution >= 0.6 is 24.0 Å². The minimum Gasteiger partial charge on any atom is -0.508 e. The normalized spacial score (nSPS) is 17.2. The van der Waals surface area contributed by atoms with Crippen LogP contribution in [-0.4, -0.2) is 37.9 Å². The van der Waals surface area contributed by atoms with Crippen molar-refractivity contribution in [2.75, 3.05) is 6.54 Å². The summed E-state index contributed by atoms with van der Waals surface area (Å²) in [7, 11) is 0. The van der Waals surface area contributed by atoms with Crippen LogP contribution in [0.1, 0.15) is 31.9 Å². The number of hydrogen-bond acceptors (Lipinski definition) is 5. The van der Waals surface area contributed by atoms with E-state index >= 15 is 0 Å². The number of thiocarbonyl (C=S) groups is 1. The Labute approximate surface area is 144 Å². The Morgan fingerprint density at radius 3 is 2.61 bits per heavy atom. The molecule has 1 heterocycles. The van der Waals surface area contributed by atoms with Crippen molar-refractivity contribution in [2.45, 2.75) is 26.2 Å². The fourth-order valence-corrected chi connectivity index (χ4v) is 3.42. The first-order valence-corrected chi connectivity index (χ1v) is 8.12. The monoisotopic (exact) mass is 351 g/mol. The first kappa shape index (κ1) is 17.5. The van der Waals surface area contributed by atoms with Crippen molar-refractivity contribution in [3.05, 3.63) is 34.2 Å². The standard InChI is InChI=1S/C16H17NO4S2/c1-16(2,3)10-6-9(4-5-11(10)18)7-12-14(21)17(8-13(19)20)15(22)23-12/h4-7,18H,8H2,1-3H3,(H,19,20). The smallest absolute Gasteiger partial charge is 0.323 e. The van der Waals surface area contributed by atoms with Gasteiger partial charge in [-0.15, -0.1) is 0 Å². The van der Waals surface area contributed by atoms with Gasteiger partial charge in [0.2, 0.25) is 0 Å². The summed E-state index contributed by atoms with van der Waals surface area (Å²) in [5.41, 5.74) is 1.28. The van der Waals surface area contributed by atoms with E-state index in [9.17, 15) is 14.7 Å². The van der Waals surface area contributed by atoms with Crippen LogP contribution in [0.3, 0.4) is 0 Å². The number of thioether (sulfide) groups is 1. The average Bonchev–Trinajstić information content (AvgIpc) is 2.67. The van der Waals surface area contributed by atoms with Crippen LogP contribution in [0.4, 0.5) is 0 Å². The van der Waals surface area contributed by atoms with Gasteiger partial charge in [0.1, 0.15) is 16.6 Å². The Morgan fingerprint density at radius 1 is 1.39 bits per heavy atom. The number of amides is 1. The summed E-state index contributed by atoms with van der Waals surface area (Å²) in [6.07, 6.45) is 1.66. The number of carboxylic acid groups (broad SMARTS) is 1. The Hall–Kier alpha value is -1.86. The maximum atomic E-state index is 12.2. The van der Waals surface area contributed by atoms with Crippen molar-refractivity contribution in [1.82, 2.24) is 4.90 Å². The van der Waals surface area contributed by atoms with Gasteiger partial charge in [-0.2, -0.15) is 0 Å². The third kappa shape index (κ3) is 3.92. The van der Waals surface area contributed by atoms with Gasteiger partial charge in [-0.05, 0) is 34.8 Å². The van der Waals surface area contributed by atoms with Crippen molar-refractivity contribution in [3.8, 4) is 5.75 Å². The molecule has 1 aromatic rings. The highest BCUT2D eigenvalue weighted by molar-refractivity contribution is 8.26. The number of aromatic hydroxyl groups is 1.